The summed E-state index contributed by atoms with van der Waals surface area (Å²) in [6.07, 6.45) is 0. The average Bonchev–Trinajstić information content (AvgIpc) is 2.41. The van der Waals surface area contributed by atoms with E-state index in [9.17, 15) is 4.79 Å². The zero-order chi connectivity index (χ0) is 14.0. The first-order valence-electron chi connectivity index (χ1n) is 6.30. The smallest absolute Gasteiger partial charge is 0.268 e. The van der Waals surface area contributed by atoms with Gasteiger partial charge in [0.05, 0.1) is 5.69 Å². The first kappa shape index (κ1) is 13.1. The number of benzene rings is 1. The van der Waals surface area contributed by atoms with Crippen molar-refractivity contribution in [2.45, 2.75) is 27.3 Å². The van der Waals surface area contributed by atoms with E-state index in [2.05, 4.69) is 19.9 Å². The van der Waals surface area contributed by atoms with E-state index in [4.69, 9.17) is 5.26 Å². The zero-order valence-electron chi connectivity index (χ0n) is 11.4. The molecule has 0 saturated carbocycles. The molecule has 0 aliphatic carbocycles. The van der Waals surface area contributed by atoms with Gasteiger partial charge in [0, 0.05) is 6.54 Å². The van der Waals surface area contributed by atoms with E-state index in [1.54, 1.807) is 10.6 Å². The second-order valence-electron chi connectivity index (χ2n) is 4.59. The Hall–Kier alpha value is -2.34. The van der Waals surface area contributed by atoms with Crippen LogP contribution in [-0.2, 0) is 6.54 Å². The molecule has 0 N–H and O–H groups in total. The maximum absolute atomic E-state index is 12.1. The van der Waals surface area contributed by atoms with E-state index in [0.29, 0.717) is 6.54 Å². The van der Waals surface area contributed by atoms with Crippen LogP contribution in [0.15, 0.2) is 35.1 Å². The number of aromatic nitrogens is 1. The van der Waals surface area contributed by atoms with Gasteiger partial charge in [-0.05, 0) is 55.7 Å². The highest BCUT2D eigenvalue weighted by Crippen LogP contribution is 2.21. The highest BCUT2D eigenvalue weighted by Gasteiger charge is 2.09. The van der Waals surface area contributed by atoms with Crippen LogP contribution in [0, 0.1) is 25.2 Å². The first-order valence-corrected chi connectivity index (χ1v) is 6.30. The second-order valence-corrected chi connectivity index (χ2v) is 4.59. The fourth-order valence-electron chi connectivity index (χ4n) is 2.13. The van der Waals surface area contributed by atoms with Gasteiger partial charge in [-0.3, -0.25) is 4.79 Å². The normalized spacial score (nSPS) is 10.2. The Morgan fingerprint density at radius 3 is 2.47 bits per heavy atom. The van der Waals surface area contributed by atoms with Crippen molar-refractivity contribution in [1.82, 2.24) is 4.57 Å². The van der Waals surface area contributed by atoms with Crippen molar-refractivity contribution < 1.29 is 0 Å². The van der Waals surface area contributed by atoms with Gasteiger partial charge in [0.1, 0.15) is 11.6 Å². The number of nitriles is 1. The third-order valence-electron chi connectivity index (χ3n) is 3.41. The van der Waals surface area contributed by atoms with Crippen LogP contribution in [0.5, 0.6) is 0 Å². The molecule has 0 radical (unpaired) electrons. The molecule has 1 aromatic heterocycles. The van der Waals surface area contributed by atoms with Crippen LogP contribution in [-0.4, -0.2) is 4.57 Å². The average molecular weight is 252 g/mol. The molecule has 0 spiro atoms. The van der Waals surface area contributed by atoms with Crippen LogP contribution in [0.2, 0.25) is 0 Å². The molecule has 0 amide bonds. The molecule has 1 heterocycles. The van der Waals surface area contributed by atoms with E-state index < -0.39 is 0 Å². The largest absolute Gasteiger partial charge is 0.307 e. The van der Waals surface area contributed by atoms with Gasteiger partial charge >= 0.3 is 0 Å². The van der Waals surface area contributed by atoms with Crippen molar-refractivity contribution in [2.24, 2.45) is 0 Å². The van der Waals surface area contributed by atoms with E-state index in [0.717, 1.165) is 11.3 Å². The van der Waals surface area contributed by atoms with Crippen molar-refractivity contribution in [3.05, 3.63) is 57.4 Å². The minimum Gasteiger partial charge on any atom is -0.307 e. The van der Waals surface area contributed by atoms with E-state index >= 15 is 0 Å². The summed E-state index contributed by atoms with van der Waals surface area (Å²) in [6, 6.07) is 11.5. The predicted molar refractivity (Wildman–Crippen MR) is 76.0 cm³/mol. The van der Waals surface area contributed by atoms with Crippen molar-refractivity contribution in [3.63, 3.8) is 0 Å². The minimum absolute atomic E-state index is 0.189. The lowest BCUT2D eigenvalue weighted by Crippen LogP contribution is -2.23. The van der Waals surface area contributed by atoms with Crippen molar-refractivity contribution in [1.29, 1.82) is 5.26 Å². The van der Waals surface area contributed by atoms with Crippen LogP contribution in [0.25, 0.3) is 11.3 Å². The van der Waals surface area contributed by atoms with Crippen molar-refractivity contribution >= 4 is 0 Å². The quantitative estimate of drug-likeness (QED) is 0.824. The van der Waals surface area contributed by atoms with Gasteiger partial charge < -0.3 is 4.57 Å². The van der Waals surface area contributed by atoms with Gasteiger partial charge in [-0.15, -0.1) is 0 Å². The van der Waals surface area contributed by atoms with Crippen LogP contribution >= 0.6 is 0 Å². The van der Waals surface area contributed by atoms with Crippen LogP contribution in [0.4, 0.5) is 0 Å². The zero-order valence-corrected chi connectivity index (χ0v) is 11.4. The van der Waals surface area contributed by atoms with Gasteiger partial charge in [-0.1, -0.05) is 12.1 Å². The number of pyridine rings is 1. The summed E-state index contributed by atoms with van der Waals surface area (Å²) in [5, 5.41) is 8.92. The molecular weight excluding hydrogens is 236 g/mol. The van der Waals surface area contributed by atoms with E-state index in [-0.39, 0.29) is 11.1 Å². The molecule has 1 aromatic carbocycles. The molecule has 19 heavy (non-hydrogen) atoms. The lowest BCUT2D eigenvalue weighted by molar-refractivity contribution is 0.733. The standard InChI is InChI=1S/C16H16N2O/c1-4-18-15(8-7-14(10-17)16(18)19)13-6-5-11(2)12(3)9-13/h5-9H,4H2,1-3H3. The van der Waals surface area contributed by atoms with Crippen molar-refractivity contribution in [2.75, 3.05) is 0 Å². The topological polar surface area (TPSA) is 45.8 Å². The molecule has 0 aliphatic heterocycles. The highest BCUT2D eigenvalue weighted by molar-refractivity contribution is 5.62. The van der Waals surface area contributed by atoms with Gasteiger partial charge in [0.2, 0.25) is 0 Å². The van der Waals surface area contributed by atoms with E-state index in [1.165, 1.54) is 11.1 Å². The monoisotopic (exact) mass is 252 g/mol. The Balaban J connectivity index is 2.69. The minimum atomic E-state index is -0.222. The number of nitrogens with zero attached hydrogens (tertiary/aromatic N) is 2. The Kier molecular flexibility index (Phi) is 3.52. The molecule has 3 nitrogen and oxygen atoms in total. The molecule has 2 aromatic rings. The maximum Gasteiger partial charge on any atom is 0.268 e. The molecule has 0 atom stereocenters. The Bertz CT molecular complexity index is 721. The van der Waals surface area contributed by atoms with E-state index in [1.807, 2.05) is 31.2 Å². The Morgan fingerprint density at radius 2 is 1.89 bits per heavy atom. The fraction of sp³-hybridized carbons (Fsp3) is 0.250. The number of hydrogen-bond donors (Lipinski definition) is 0. The molecule has 0 bridgehead atoms. The molecule has 0 saturated heterocycles. The van der Waals surface area contributed by atoms with Gasteiger partial charge in [-0.25, -0.2) is 0 Å². The third kappa shape index (κ3) is 2.30. The summed E-state index contributed by atoms with van der Waals surface area (Å²) >= 11 is 0. The number of hydrogen-bond acceptors (Lipinski definition) is 2. The Morgan fingerprint density at radius 1 is 1.16 bits per heavy atom. The van der Waals surface area contributed by atoms with Gasteiger partial charge in [-0.2, -0.15) is 5.26 Å². The molecule has 96 valence electrons. The molecule has 0 fully saturated rings. The lowest BCUT2D eigenvalue weighted by atomic mass is 10.0. The highest BCUT2D eigenvalue weighted by atomic mass is 16.1. The molecule has 0 aliphatic rings. The summed E-state index contributed by atoms with van der Waals surface area (Å²) in [4.78, 5) is 12.1. The summed E-state index contributed by atoms with van der Waals surface area (Å²) in [5.74, 6) is 0. The maximum atomic E-state index is 12.1. The summed E-state index contributed by atoms with van der Waals surface area (Å²) in [7, 11) is 0. The second kappa shape index (κ2) is 5.11. The van der Waals surface area contributed by atoms with Gasteiger partial charge in [0.25, 0.3) is 5.56 Å². The lowest BCUT2D eigenvalue weighted by Gasteiger charge is -2.12. The SMILES string of the molecule is CCn1c(-c2ccc(C)c(C)c2)ccc(C#N)c1=O. The number of rotatable bonds is 2. The fourth-order valence-corrected chi connectivity index (χ4v) is 2.13. The summed E-state index contributed by atoms with van der Waals surface area (Å²) < 4.78 is 1.64. The first-order chi connectivity index (χ1) is 9.08. The molecule has 3 heteroatoms. The molecular formula is C16H16N2O. The van der Waals surface area contributed by atoms with Crippen molar-refractivity contribution in [3.8, 4) is 17.3 Å². The summed E-state index contributed by atoms with van der Waals surface area (Å²) in [6.45, 7) is 6.57. The predicted octanol–water partition coefficient (Wildman–Crippen LogP) is 3.02. The summed E-state index contributed by atoms with van der Waals surface area (Å²) in [5.41, 5.74) is 4.25. The van der Waals surface area contributed by atoms with Crippen LogP contribution < -0.4 is 5.56 Å². The van der Waals surface area contributed by atoms with Crippen LogP contribution in [0.3, 0.4) is 0 Å². The molecule has 0 unspecified atom stereocenters. The van der Waals surface area contributed by atoms with Crippen LogP contribution in [0.1, 0.15) is 23.6 Å². The Labute approximate surface area is 112 Å². The number of aryl methyl sites for hydroxylation is 2. The third-order valence-corrected chi connectivity index (χ3v) is 3.41. The molecule has 2 rings (SSSR count). The van der Waals surface area contributed by atoms with Gasteiger partial charge in [0.15, 0.2) is 0 Å².